The lowest BCUT2D eigenvalue weighted by Gasteiger charge is -2.16. The monoisotopic (exact) mass is 371 g/mol. The second kappa shape index (κ2) is 6.79. The molecule has 27 heavy (non-hydrogen) atoms. The second-order valence-electron chi connectivity index (χ2n) is 6.19. The van der Waals surface area contributed by atoms with Crippen LogP contribution in [0.2, 0.25) is 0 Å². The van der Waals surface area contributed by atoms with E-state index in [-0.39, 0.29) is 30.5 Å². The Hall–Kier alpha value is -3.29. The lowest BCUT2D eigenvalue weighted by Crippen LogP contribution is -2.25. The molecule has 1 saturated heterocycles. The van der Waals surface area contributed by atoms with Crippen LogP contribution < -0.4 is 9.64 Å². The number of nitrogens with zero attached hydrogens (tertiary/aromatic N) is 3. The van der Waals surface area contributed by atoms with Crippen molar-refractivity contribution in [2.75, 3.05) is 18.6 Å². The van der Waals surface area contributed by atoms with E-state index in [9.17, 15) is 13.6 Å². The van der Waals surface area contributed by atoms with Crippen molar-refractivity contribution in [1.29, 1.82) is 0 Å². The van der Waals surface area contributed by atoms with Crippen molar-refractivity contribution in [2.45, 2.75) is 12.3 Å². The van der Waals surface area contributed by atoms with Crippen LogP contribution in [-0.4, -0.2) is 29.7 Å². The van der Waals surface area contributed by atoms with E-state index in [2.05, 4.69) is 10.1 Å². The van der Waals surface area contributed by atoms with Crippen molar-refractivity contribution in [1.82, 2.24) is 10.1 Å². The summed E-state index contributed by atoms with van der Waals surface area (Å²) in [5.74, 6) is -0.770. The SMILES string of the molecule is COc1cccc(-c2nc(C3CC(=O)N(c4ccc(F)cc4F)C3)no2)c1. The molecule has 1 aliphatic rings. The number of halogens is 2. The van der Waals surface area contributed by atoms with E-state index in [4.69, 9.17) is 9.26 Å². The normalized spacial score (nSPS) is 16.8. The Morgan fingerprint density at radius 1 is 1.22 bits per heavy atom. The third-order valence-electron chi connectivity index (χ3n) is 4.45. The summed E-state index contributed by atoms with van der Waals surface area (Å²) in [5.41, 5.74) is 0.735. The Balaban J connectivity index is 1.57. The van der Waals surface area contributed by atoms with Crippen molar-refractivity contribution in [3.8, 4) is 17.2 Å². The Labute approximate surface area is 153 Å². The van der Waals surface area contributed by atoms with E-state index >= 15 is 0 Å². The van der Waals surface area contributed by atoms with Gasteiger partial charge in [0.05, 0.1) is 12.8 Å². The first-order valence-electron chi connectivity index (χ1n) is 8.28. The predicted molar refractivity (Wildman–Crippen MR) is 92.4 cm³/mol. The molecular formula is C19H15F2N3O3. The third kappa shape index (κ3) is 3.25. The Kier molecular flexibility index (Phi) is 4.31. The summed E-state index contributed by atoms with van der Waals surface area (Å²) >= 11 is 0. The van der Waals surface area contributed by atoms with Gasteiger partial charge < -0.3 is 14.2 Å². The summed E-state index contributed by atoms with van der Waals surface area (Å²) in [5, 5.41) is 3.97. The molecule has 1 amide bonds. The van der Waals surface area contributed by atoms with Crippen molar-refractivity contribution >= 4 is 11.6 Å². The fraction of sp³-hybridized carbons (Fsp3) is 0.211. The molecule has 0 radical (unpaired) electrons. The van der Waals surface area contributed by atoms with Crippen LogP contribution in [0.3, 0.4) is 0 Å². The highest BCUT2D eigenvalue weighted by molar-refractivity contribution is 5.96. The van der Waals surface area contributed by atoms with E-state index in [1.807, 2.05) is 0 Å². The molecule has 2 heterocycles. The Morgan fingerprint density at radius 3 is 2.85 bits per heavy atom. The number of ether oxygens (including phenoxy) is 1. The Morgan fingerprint density at radius 2 is 2.07 bits per heavy atom. The number of aromatic nitrogens is 2. The highest BCUT2D eigenvalue weighted by atomic mass is 19.1. The predicted octanol–water partition coefficient (Wildman–Crippen LogP) is 3.54. The summed E-state index contributed by atoms with van der Waals surface area (Å²) in [6.45, 7) is 0.193. The zero-order valence-electron chi connectivity index (χ0n) is 14.4. The van der Waals surface area contributed by atoms with Gasteiger partial charge in [0, 0.05) is 30.5 Å². The fourth-order valence-electron chi connectivity index (χ4n) is 3.09. The third-order valence-corrected chi connectivity index (χ3v) is 4.45. The molecule has 1 aromatic heterocycles. The van der Waals surface area contributed by atoms with Gasteiger partial charge in [-0.1, -0.05) is 11.2 Å². The van der Waals surface area contributed by atoms with Gasteiger partial charge in [0.1, 0.15) is 17.4 Å². The molecule has 0 N–H and O–H groups in total. The maximum atomic E-state index is 14.0. The van der Waals surface area contributed by atoms with Crippen LogP contribution in [0.15, 0.2) is 47.0 Å². The van der Waals surface area contributed by atoms with Gasteiger partial charge in [-0.3, -0.25) is 4.79 Å². The van der Waals surface area contributed by atoms with Gasteiger partial charge in [0.2, 0.25) is 5.91 Å². The Bertz CT molecular complexity index is 1010. The largest absolute Gasteiger partial charge is 0.497 e. The summed E-state index contributed by atoms with van der Waals surface area (Å²) < 4.78 is 37.6. The number of amides is 1. The molecule has 3 aromatic rings. The number of carbonyl (C=O) groups excluding carboxylic acids is 1. The van der Waals surface area contributed by atoms with Crippen molar-refractivity contribution in [3.63, 3.8) is 0 Å². The molecule has 4 rings (SSSR count). The molecule has 1 atom stereocenters. The summed E-state index contributed by atoms with van der Waals surface area (Å²) in [7, 11) is 1.56. The molecule has 0 aliphatic carbocycles. The summed E-state index contributed by atoms with van der Waals surface area (Å²) in [4.78, 5) is 18.0. The number of carbonyl (C=O) groups is 1. The van der Waals surface area contributed by atoms with Gasteiger partial charge in [-0.15, -0.1) is 0 Å². The lowest BCUT2D eigenvalue weighted by molar-refractivity contribution is -0.117. The van der Waals surface area contributed by atoms with Crippen molar-refractivity contribution < 1.29 is 22.8 Å². The second-order valence-corrected chi connectivity index (χ2v) is 6.19. The number of rotatable bonds is 4. The number of benzene rings is 2. The number of methoxy groups -OCH3 is 1. The average Bonchev–Trinajstić information content (AvgIpc) is 3.29. The number of anilines is 1. The van der Waals surface area contributed by atoms with Gasteiger partial charge in [0.25, 0.3) is 5.89 Å². The molecule has 1 fully saturated rings. The molecule has 8 heteroatoms. The van der Waals surface area contributed by atoms with E-state index in [0.29, 0.717) is 23.0 Å². The maximum Gasteiger partial charge on any atom is 0.258 e. The first kappa shape index (κ1) is 17.1. The molecular weight excluding hydrogens is 356 g/mol. The van der Waals surface area contributed by atoms with Gasteiger partial charge >= 0.3 is 0 Å². The molecule has 2 aromatic carbocycles. The lowest BCUT2D eigenvalue weighted by atomic mass is 10.1. The minimum absolute atomic E-state index is 0.0421. The van der Waals surface area contributed by atoms with Crippen LogP contribution in [0.4, 0.5) is 14.5 Å². The van der Waals surface area contributed by atoms with Crippen LogP contribution in [0.25, 0.3) is 11.5 Å². The van der Waals surface area contributed by atoms with Crippen LogP contribution in [0.1, 0.15) is 18.2 Å². The van der Waals surface area contributed by atoms with Crippen LogP contribution >= 0.6 is 0 Å². The quantitative estimate of drug-likeness (QED) is 0.702. The molecule has 138 valence electrons. The van der Waals surface area contributed by atoms with E-state index in [1.54, 1.807) is 31.4 Å². The molecule has 0 bridgehead atoms. The van der Waals surface area contributed by atoms with E-state index in [1.165, 1.54) is 11.0 Å². The molecule has 6 nitrogen and oxygen atoms in total. The average molecular weight is 371 g/mol. The zero-order valence-corrected chi connectivity index (χ0v) is 14.4. The standard InChI is InChI=1S/C19H15F2N3O3/c1-26-14-4-2-3-11(7-14)19-22-18(23-27-19)12-8-17(25)24(10-12)16-6-5-13(20)9-15(16)21/h2-7,9,12H,8,10H2,1H3. The van der Waals surface area contributed by atoms with Crippen LogP contribution in [0, 0.1) is 11.6 Å². The van der Waals surface area contributed by atoms with Gasteiger partial charge in [-0.2, -0.15) is 4.98 Å². The minimum atomic E-state index is -0.783. The number of hydrogen-bond acceptors (Lipinski definition) is 5. The first-order chi connectivity index (χ1) is 13.0. The fourth-order valence-corrected chi connectivity index (χ4v) is 3.09. The molecule has 0 spiro atoms. The minimum Gasteiger partial charge on any atom is -0.497 e. The van der Waals surface area contributed by atoms with E-state index in [0.717, 1.165) is 12.1 Å². The highest BCUT2D eigenvalue weighted by Crippen LogP contribution is 2.33. The van der Waals surface area contributed by atoms with Gasteiger partial charge in [0.15, 0.2) is 5.82 Å². The van der Waals surface area contributed by atoms with Crippen molar-refractivity contribution in [3.05, 3.63) is 59.9 Å². The smallest absolute Gasteiger partial charge is 0.258 e. The number of hydrogen-bond donors (Lipinski definition) is 0. The first-order valence-corrected chi connectivity index (χ1v) is 8.28. The maximum absolute atomic E-state index is 14.0. The highest BCUT2D eigenvalue weighted by Gasteiger charge is 2.35. The van der Waals surface area contributed by atoms with Gasteiger partial charge in [-0.25, -0.2) is 8.78 Å². The molecule has 1 unspecified atom stereocenters. The molecule has 0 saturated carbocycles. The van der Waals surface area contributed by atoms with Crippen LogP contribution in [0.5, 0.6) is 5.75 Å². The zero-order chi connectivity index (χ0) is 19.0. The van der Waals surface area contributed by atoms with Crippen LogP contribution in [-0.2, 0) is 4.79 Å². The topological polar surface area (TPSA) is 68.5 Å². The van der Waals surface area contributed by atoms with Crippen molar-refractivity contribution in [2.24, 2.45) is 0 Å². The van der Waals surface area contributed by atoms with Gasteiger partial charge in [-0.05, 0) is 30.3 Å². The molecule has 1 aliphatic heterocycles. The van der Waals surface area contributed by atoms with E-state index < -0.39 is 11.6 Å². The summed E-state index contributed by atoms with van der Waals surface area (Å²) in [6, 6.07) is 10.3. The summed E-state index contributed by atoms with van der Waals surface area (Å²) in [6.07, 6.45) is 0.119.